The Bertz CT molecular complexity index is 354. The van der Waals surface area contributed by atoms with Gasteiger partial charge in [0.05, 0.1) is 0 Å². The number of nitrogens with one attached hydrogen (secondary N) is 1. The van der Waals surface area contributed by atoms with E-state index in [4.69, 9.17) is 0 Å². The molecule has 1 N–H and O–H groups in total. The fourth-order valence-corrected chi connectivity index (χ4v) is 2.50. The molecule has 1 unspecified atom stereocenters. The predicted molar refractivity (Wildman–Crippen MR) is 74.5 cm³/mol. The van der Waals surface area contributed by atoms with E-state index in [-0.39, 0.29) is 0 Å². The smallest absolute Gasteiger partial charge is 0.0412 e. The molecule has 2 rings (SSSR count). The molecule has 0 spiro atoms. The predicted octanol–water partition coefficient (Wildman–Crippen LogP) is 3.20. The summed E-state index contributed by atoms with van der Waals surface area (Å²) in [5, 5.41) is 3.41. The lowest BCUT2D eigenvalue weighted by molar-refractivity contribution is 0.575. The lowest BCUT2D eigenvalue weighted by Gasteiger charge is -2.26. The van der Waals surface area contributed by atoms with Crippen LogP contribution in [-0.4, -0.2) is 20.6 Å². The van der Waals surface area contributed by atoms with Crippen molar-refractivity contribution in [2.45, 2.75) is 32.2 Å². The molecule has 0 heterocycles. The molecule has 1 aromatic rings. The topological polar surface area (TPSA) is 15.3 Å². The van der Waals surface area contributed by atoms with Crippen LogP contribution < -0.4 is 10.2 Å². The summed E-state index contributed by atoms with van der Waals surface area (Å²) in [6.45, 7) is 3.44. The third-order valence-electron chi connectivity index (χ3n) is 3.71. The van der Waals surface area contributed by atoms with Crippen molar-refractivity contribution in [3.8, 4) is 0 Å². The van der Waals surface area contributed by atoms with Gasteiger partial charge in [-0.25, -0.2) is 0 Å². The van der Waals surface area contributed by atoms with Gasteiger partial charge in [-0.1, -0.05) is 25.1 Å². The van der Waals surface area contributed by atoms with Gasteiger partial charge in [0, 0.05) is 25.3 Å². The fourth-order valence-electron chi connectivity index (χ4n) is 2.50. The first-order chi connectivity index (χ1) is 8.26. The van der Waals surface area contributed by atoms with E-state index in [1.807, 2.05) is 7.05 Å². The van der Waals surface area contributed by atoms with Crippen molar-refractivity contribution in [1.29, 1.82) is 0 Å². The highest BCUT2D eigenvalue weighted by molar-refractivity contribution is 5.54. The van der Waals surface area contributed by atoms with E-state index < -0.39 is 0 Å². The van der Waals surface area contributed by atoms with Crippen LogP contribution in [0.3, 0.4) is 0 Å². The van der Waals surface area contributed by atoms with E-state index in [9.17, 15) is 0 Å². The Hall–Kier alpha value is -1.02. The summed E-state index contributed by atoms with van der Waals surface area (Å²) in [5.41, 5.74) is 2.82. The van der Waals surface area contributed by atoms with Gasteiger partial charge in [0.2, 0.25) is 0 Å². The van der Waals surface area contributed by atoms with Crippen LogP contribution in [0, 0.1) is 5.92 Å². The molecular formula is C15H24N2. The molecule has 1 aromatic carbocycles. The Labute approximate surface area is 105 Å². The lowest BCUT2D eigenvalue weighted by atomic mass is 10.0. The van der Waals surface area contributed by atoms with E-state index in [0.717, 1.165) is 12.3 Å². The first-order valence-electron chi connectivity index (χ1n) is 6.73. The van der Waals surface area contributed by atoms with Crippen molar-refractivity contribution >= 4 is 5.69 Å². The fraction of sp³-hybridized carbons (Fsp3) is 0.600. The molecule has 0 aromatic heterocycles. The van der Waals surface area contributed by atoms with Gasteiger partial charge in [-0.3, -0.25) is 0 Å². The number of nitrogens with zero attached hydrogens (tertiary/aromatic N) is 1. The summed E-state index contributed by atoms with van der Waals surface area (Å²) in [5.74, 6) is 0.933. The van der Waals surface area contributed by atoms with E-state index >= 15 is 0 Å². The molecule has 0 amide bonds. The molecule has 1 fully saturated rings. The Morgan fingerprint density at radius 2 is 2.06 bits per heavy atom. The maximum atomic E-state index is 3.41. The van der Waals surface area contributed by atoms with Crippen molar-refractivity contribution in [2.75, 3.05) is 25.5 Å². The molecule has 0 radical (unpaired) electrons. The summed E-state index contributed by atoms with van der Waals surface area (Å²) in [6.07, 6.45) is 3.95. The number of benzene rings is 1. The van der Waals surface area contributed by atoms with Crippen molar-refractivity contribution in [3.63, 3.8) is 0 Å². The highest BCUT2D eigenvalue weighted by Crippen LogP contribution is 2.33. The zero-order valence-corrected chi connectivity index (χ0v) is 11.2. The number of para-hydroxylation sites is 1. The van der Waals surface area contributed by atoms with Crippen LogP contribution >= 0.6 is 0 Å². The summed E-state index contributed by atoms with van der Waals surface area (Å²) in [6, 6.07) is 9.25. The van der Waals surface area contributed by atoms with Crippen molar-refractivity contribution in [3.05, 3.63) is 29.8 Å². The largest absolute Gasteiger partial charge is 0.374 e. The second-order valence-corrected chi connectivity index (χ2v) is 5.13. The first kappa shape index (κ1) is 12.4. The van der Waals surface area contributed by atoms with Gasteiger partial charge in [0.15, 0.2) is 0 Å². The highest BCUT2D eigenvalue weighted by Gasteiger charge is 2.24. The normalized spacial score (nSPS) is 16.9. The van der Waals surface area contributed by atoms with E-state index in [2.05, 4.69) is 48.5 Å². The zero-order valence-electron chi connectivity index (χ0n) is 11.2. The second kappa shape index (κ2) is 5.54. The van der Waals surface area contributed by atoms with Gasteiger partial charge >= 0.3 is 0 Å². The number of anilines is 1. The Morgan fingerprint density at radius 3 is 2.65 bits per heavy atom. The minimum atomic E-state index is 0.466. The molecule has 0 bridgehead atoms. The van der Waals surface area contributed by atoms with Gasteiger partial charge in [-0.05, 0) is 43.9 Å². The van der Waals surface area contributed by atoms with Crippen LogP contribution in [0.15, 0.2) is 24.3 Å². The molecule has 1 aliphatic rings. The molecule has 1 saturated carbocycles. The van der Waals surface area contributed by atoms with Crippen LogP contribution in [0.2, 0.25) is 0 Å². The maximum absolute atomic E-state index is 3.41. The molecule has 1 aliphatic carbocycles. The highest BCUT2D eigenvalue weighted by atomic mass is 15.1. The molecule has 0 saturated heterocycles. The van der Waals surface area contributed by atoms with Crippen LogP contribution in [0.4, 0.5) is 5.69 Å². The minimum Gasteiger partial charge on any atom is -0.374 e. The summed E-state index contributed by atoms with van der Waals surface area (Å²) < 4.78 is 0. The van der Waals surface area contributed by atoms with E-state index in [0.29, 0.717) is 6.04 Å². The minimum absolute atomic E-state index is 0.466. The standard InChI is InChI=1S/C15H24N2/c1-4-14(16-2)13-7-5-6-8-15(13)17(3)11-12-9-10-12/h5-8,12,14,16H,4,9-11H2,1-3H3. The quantitative estimate of drug-likeness (QED) is 0.810. The van der Waals surface area contributed by atoms with Crippen LogP contribution in [0.5, 0.6) is 0 Å². The molecule has 17 heavy (non-hydrogen) atoms. The third-order valence-corrected chi connectivity index (χ3v) is 3.71. The monoisotopic (exact) mass is 232 g/mol. The second-order valence-electron chi connectivity index (χ2n) is 5.13. The summed E-state index contributed by atoms with van der Waals surface area (Å²) in [7, 11) is 4.27. The van der Waals surface area contributed by atoms with E-state index in [1.54, 1.807) is 0 Å². The Kier molecular flexibility index (Phi) is 4.06. The van der Waals surface area contributed by atoms with Gasteiger partial charge in [-0.2, -0.15) is 0 Å². The molecule has 94 valence electrons. The molecule has 1 atom stereocenters. The van der Waals surface area contributed by atoms with Crippen molar-refractivity contribution in [2.24, 2.45) is 5.92 Å². The SMILES string of the molecule is CCC(NC)c1ccccc1N(C)CC1CC1. The first-order valence-corrected chi connectivity index (χ1v) is 6.73. The van der Waals surface area contributed by atoms with Crippen molar-refractivity contribution < 1.29 is 0 Å². The van der Waals surface area contributed by atoms with Gasteiger partial charge in [-0.15, -0.1) is 0 Å². The van der Waals surface area contributed by atoms with Gasteiger partial charge in [0.1, 0.15) is 0 Å². The van der Waals surface area contributed by atoms with E-state index in [1.165, 1.54) is 30.6 Å². The van der Waals surface area contributed by atoms with Crippen molar-refractivity contribution in [1.82, 2.24) is 5.32 Å². The number of hydrogen-bond donors (Lipinski definition) is 1. The average Bonchev–Trinajstić information content (AvgIpc) is 3.15. The lowest BCUT2D eigenvalue weighted by Crippen LogP contribution is -2.24. The average molecular weight is 232 g/mol. The zero-order chi connectivity index (χ0) is 12.3. The molecule has 2 nitrogen and oxygen atoms in total. The maximum Gasteiger partial charge on any atom is 0.0412 e. The number of rotatable bonds is 6. The van der Waals surface area contributed by atoms with Crippen LogP contribution in [-0.2, 0) is 0 Å². The van der Waals surface area contributed by atoms with Gasteiger partial charge < -0.3 is 10.2 Å². The summed E-state index contributed by atoms with van der Waals surface area (Å²) in [4.78, 5) is 2.42. The molecule has 0 aliphatic heterocycles. The molecule has 2 heteroatoms. The van der Waals surface area contributed by atoms with Crippen LogP contribution in [0.1, 0.15) is 37.8 Å². The Morgan fingerprint density at radius 1 is 1.35 bits per heavy atom. The summed E-state index contributed by atoms with van der Waals surface area (Å²) >= 11 is 0. The van der Waals surface area contributed by atoms with Gasteiger partial charge in [0.25, 0.3) is 0 Å². The van der Waals surface area contributed by atoms with Crippen LogP contribution in [0.25, 0.3) is 0 Å². The Balaban J connectivity index is 2.18. The third kappa shape index (κ3) is 3.01. The number of hydrogen-bond acceptors (Lipinski definition) is 2. The molecular weight excluding hydrogens is 208 g/mol.